The summed E-state index contributed by atoms with van der Waals surface area (Å²) in [5.74, 6) is 0.727. The van der Waals surface area contributed by atoms with Gasteiger partial charge < -0.3 is 4.42 Å². The van der Waals surface area contributed by atoms with Gasteiger partial charge in [-0.05, 0) is 5.56 Å². The Morgan fingerprint density at radius 1 is 1.11 bits per heavy atom. The lowest BCUT2D eigenvalue weighted by atomic mass is 10.1. The summed E-state index contributed by atoms with van der Waals surface area (Å²) in [6.45, 7) is 0.503. The van der Waals surface area contributed by atoms with Crippen LogP contribution in [0.5, 0.6) is 0 Å². The Hall–Kier alpha value is -2.69. The number of benzene rings is 1. The van der Waals surface area contributed by atoms with E-state index in [1.807, 2.05) is 24.3 Å². The third kappa shape index (κ3) is 2.44. The van der Waals surface area contributed by atoms with Crippen molar-refractivity contribution >= 4 is 0 Å². The molecule has 0 radical (unpaired) electrons. The van der Waals surface area contributed by atoms with Crippen LogP contribution in [0.1, 0.15) is 5.56 Å². The van der Waals surface area contributed by atoms with Crippen molar-refractivity contribution in [2.75, 3.05) is 0 Å². The summed E-state index contributed by atoms with van der Waals surface area (Å²) >= 11 is 0. The van der Waals surface area contributed by atoms with E-state index in [0.29, 0.717) is 6.54 Å². The number of hydrogen-bond acceptors (Lipinski definition) is 4. The molecule has 3 aromatic rings. The van der Waals surface area contributed by atoms with Gasteiger partial charge in [0.05, 0.1) is 19.1 Å². The maximum Gasteiger partial charge on any atom is 0.253 e. The third-order valence-electron chi connectivity index (χ3n) is 2.82. The van der Waals surface area contributed by atoms with Crippen LogP contribution in [0.15, 0.2) is 64.7 Å². The van der Waals surface area contributed by atoms with E-state index >= 15 is 0 Å². The second-order valence-corrected chi connectivity index (χ2v) is 4.11. The van der Waals surface area contributed by atoms with Crippen LogP contribution >= 0.6 is 0 Å². The minimum Gasteiger partial charge on any atom is -0.444 e. The van der Waals surface area contributed by atoms with Gasteiger partial charge in [-0.1, -0.05) is 24.3 Å². The van der Waals surface area contributed by atoms with Crippen molar-refractivity contribution in [1.82, 2.24) is 14.5 Å². The topological polar surface area (TPSA) is 60.9 Å². The second kappa shape index (κ2) is 4.89. The summed E-state index contributed by atoms with van der Waals surface area (Å²) in [7, 11) is 0. The van der Waals surface area contributed by atoms with Gasteiger partial charge in [-0.25, -0.2) is 9.97 Å². The molecule has 94 valence electrons. The number of aromatic nitrogens is 3. The molecule has 0 atom stereocenters. The quantitative estimate of drug-likeness (QED) is 0.715. The lowest BCUT2D eigenvalue weighted by molar-refractivity contribution is 0.572. The van der Waals surface area contributed by atoms with Crippen LogP contribution in [0.2, 0.25) is 0 Å². The molecular weight excluding hydrogens is 242 g/mol. The van der Waals surface area contributed by atoms with Crippen molar-refractivity contribution in [2.24, 2.45) is 0 Å². The molecule has 5 nitrogen and oxygen atoms in total. The number of hydrogen-bond donors (Lipinski definition) is 0. The van der Waals surface area contributed by atoms with Crippen LogP contribution in [0.3, 0.4) is 0 Å². The molecule has 0 fully saturated rings. The van der Waals surface area contributed by atoms with E-state index in [1.54, 1.807) is 10.8 Å². The highest BCUT2D eigenvalue weighted by atomic mass is 16.3. The molecule has 3 rings (SSSR count). The summed E-state index contributed by atoms with van der Waals surface area (Å²) in [4.78, 5) is 19.4. The van der Waals surface area contributed by atoms with E-state index in [0.717, 1.165) is 16.9 Å². The average molecular weight is 253 g/mol. The highest BCUT2D eigenvalue weighted by Crippen LogP contribution is 2.18. The molecule has 0 aliphatic carbocycles. The van der Waals surface area contributed by atoms with E-state index < -0.39 is 0 Å². The molecule has 2 heterocycles. The van der Waals surface area contributed by atoms with Crippen LogP contribution in [-0.4, -0.2) is 14.5 Å². The summed E-state index contributed by atoms with van der Waals surface area (Å²) in [5, 5.41) is 0. The van der Waals surface area contributed by atoms with Gasteiger partial charge in [-0.15, -0.1) is 0 Å². The molecule has 0 N–H and O–H groups in total. The van der Waals surface area contributed by atoms with Crippen LogP contribution < -0.4 is 5.56 Å². The Balaban J connectivity index is 1.84. The minimum atomic E-state index is -0.0608. The molecule has 0 spiro atoms. The number of nitrogens with zero attached hydrogens (tertiary/aromatic N) is 3. The van der Waals surface area contributed by atoms with Gasteiger partial charge in [0.2, 0.25) is 0 Å². The van der Waals surface area contributed by atoms with Crippen molar-refractivity contribution in [2.45, 2.75) is 6.54 Å². The molecule has 0 saturated heterocycles. The van der Waals surface area contributed by atoms with Gasteiger partial charge in [0.15, 0.2) is 12.2 Å². The Kier molecular flexibility index (Phi) is 2.94. The van der Waals surface area contributed by atoms with Crippen LogP contribution in [0, 0.1) is 0 Å². The fourth-order valence-electron chi connectivity index (χ4n) is 1.83. The fraction of sp³-hybridized carbons (Fsp3) is 0.0714. The second-order valence-electron chi connectivity index (χ2n) is 4.11. The average Bonchev–Trinajstić information content (AvgIpc) is 2.96. The lowest BCUT2D eigenvalue weighted by Gasteiger charge is -2.05. The molecule has 0 bridgehead atoms. The smallest absolute Gasteiger partial charge is 0.253 e. The van der Waals surface area contributed by atoms with Crippen molar-refractivity contribution in [3.63, 3.8) is 0 Å². The molecule has 0 aliphatic rings. The van der Waals surface area contributed by atoms with Gasteiger partial charge in [0.1, 0.15) is 0 Å². The Morgan fingerprint density at radius 3 is 2.63 bits per heavy atom. The van der Waals surface area contributed by atoms with E-state index in [-0.39, 0.29) is 5.56 Å². The van der Waals surface area contributed by atoms with E-state index in [2.05, 4.69) is 9.97 Å². The molecule has 0 aliphatic heterocycles. The molecule has 0 amide bonds. The zero-order valence-electron chi connectivity index (χ0n) is 10.1. The van der Waals surface area contributed by atoms with Gasteiger partial charge in [0.25, 0.3) is 5.56 Å². The first-order chi connectivity index (χ1) is 9.33. The summed E-state index contributed by atoms with van der Waals surface area (Å²) in [6.07, 6.45) is 6.09. The van der Waals surface area contributed by atoms with Crippen LogP contribution in [0.4, 0.5) is 0 Å². The summed E-state index contributed by atoms with van der Waals surface area (Å²) in [6, 6.07) is 9.24. The zero-order valence-corrected chi connectivity index (χ0v) is 10.1. The molecule has 19 heavy (non-hydrogen) atoms. The van der Waals surface area contributed by atoms with Gasteiger partial charge >= 0.3 is 0 Å². The Bertz CT molecular complexity index is 715. The third-order valence-corrected chi connectivity index (χ3v) is 2.82. The van der Waals surface area contributed by atoms with E-state index in [9.17, 15) is 4.79 Å². The Morgan fingerprint density at radius 2 is 1.95 bits per heavy atom. The van der Waals surface area contributed by atoms with Crippen LogP contribution in [0.25, 0.3) is 11.3 Å². The molecule has 0 unspecified atom stereocenters. The van der Waals surface area contributed by atoms with Gasteiger partial charge in [-0.2, -0.15) is 0 Å². The molecule has 0 saturated carbocycles. The predicted octanol–water partition coefficient (Wildman–Crippen LogP) is 1.95. The van der Waals surface area contributed by atoms with Gasteiger partial charge in [-0.3, -0.25) is 9.36 Å². The van der Waals surface area contributed by atoms with Crippen molar-refractivity contribution in [1.29, 1.82) is 0 Å². The molecule has 5 heteroatoms. The summed E-state index contributed by atoms with van der Waals surface area (Å²) in [5.41, 5.74) is 1.92. The first-order valence-electron chi connectivity index (χ1n) is 5.81. The molecule has 2 aromatic heterocycles. The zero-order chi connectivity index (χ0) is 13.1. The monoisotopic (exact) mass is 253 g/mol. The SMILES string of the molecule is O=c1ccncn1Cc1ccc(-c2cnco2)cc1. The van der Waals surface area contributed by atoms with Crippen LogP contribution in [-0.2, 0) is 6.54 Å². The van der Waals surface area contributed by atoms with Crippen molar-refractivity contribution in [3.05, 3.63) is 71.4 Å². The highest BCUT2D eigenvalue weighted by molar-refractivity contribution is 5.56. The highest BCUT2D eigenvalue weighted by Gasteiger charge is 2.02. The largest absolute Gasteiger partial charge is 0.444 e. The van der Waals surface area contributed by atoms with Crippen molar-refractivity contribution in [3.8, 4) is 11.3 Å². The van der Waals surface area contributed by atoms with Gasteiger partial charge in [0, 0.05) is 17.8 Å². The fourth-order valence-corrected chi connectivity index (χ4v) is 1.83. The first kappa shape index (κ1) is 11.4. The molecular formula is C14H11N3O2. The standard InChI is InChI=1S/C14H11N3O2/c18-14-5-6-15-9-17(14)8-11-1-3-12(4-2-11)13-7-16-10-19-13/h1-7,9-10H,8H2. The maximum atomic E-state index is 11.6. The minimum absolute atomic E-state index is 0.0608. The summed E-state index contributed by atoms with van der Waals surface area (Å²) < 4.78 is 6.78. The van der Waals surface area contributed by atoms with E-state index in [4.69, 9.17) is 4.42 Å². The van der Waals surface area contributed by atoms with E-state index in [1.165, 1.54) is 25.0 Å². The maximum absolute atomic E-state index is 11.6. The Labute approximate surface area is 109 Å². The first-order valence-corrected chi connectivity index (χ1v) is 5.81. The van der Waals surface area contributed by atoms with Crippen molar-refractivity contribution < 1.29 is 4.42 Å². The number of rotatable bonds is 3. The number of oxazole rings is 1. The lowest BCUT2D eigenvalue weighted by Crippen LogP contribution is -2.19. The predicted molar refractivity (Wildman–Crippen MR) is 69.5 cm³/mol. The normalized spacial score (nSPS) is 10.5. The molecule has 1 aromatic carbocycles.